The molecule has 2 heterocycles. The van der Waals surface area contributed by atoms with E-state index in [0.717, 1.165) is 16.7 Å². The van der Waals surface area contributed by atoms with Crippen molar-refractivity contribution in [3.63, 3.8) is 0 Å². The van der Waals surface area contributed by atoms with Crippen LogP contribution in [0.3, 0.4) is 0 Å². The number of methoxy groups -OCH3 is 2. The summed E-state index contributed by atoms with van der Waals surface area (Å²) in [7, 11) is 3.17. The Kier molecular flexibility index (Phi) is 7.83. The number of fused-ring (bicyclic) bond motifs is 1. The van der Waals surface area contributed by atoms with Gasteiger partial charge in [-0.2, -0.15) is 0 Å². The molecule has 8 nitrogen and oxygen atoms in total. The van der Waals surface area contributed by atoms with Gasteiger partial charge in [0.05, 0.1) is 49.3 Å². The van der Waals surface area contributed by atoms with Crippen LogP contribution in [0.15, 0.2) is 57.5 Å². The quantitative estimate of drug-likeness (QED) is 0.421. The molecule has 3 aromatic rings. The molecule has 194 valence electrons. The lowest BCUT2D eigenvalue weighted by Crippen LogP contribution is -2.40. The first kappa shape index (κ1) is 26.2. The summed E-state index contributed by atoms with van der Waals surface area (Å²) in [5, 5.41) is 0. The van der Waals surface area contributed by atoms with Gasteiger partial charge in [-0.1, -0.05) is 29.5 Å². The van der Waals surface area contributed by atoms with Crippen LogP contribution < -0.4 is 29.1 Å². The average Bonchev–Trinajstić information content (AvgIpc) is 3.18. The lowest BCUT2D eigenvalue weighted by molar-refractivity contribution is -0.139. The van der Waals surface area contributed by atoms with Crippen LogP contribution in [0.2, 0.25) is 0 Å². The second kappa shape index (κ2) is 11.0. The molecule has 0 saturated carbocycles. The number of benzene rings is 2. The van der Waals surface area contributed by atoms with Crippen LogP contribution in [-0.4, -0.2) is 38.0 Å². The predicted molar refractivity (Wildman–Crippen MR) is 142 cm³/mol. The van der Waals surface area contributed by atoms with Crippen molar-refractivity contribution in [2.45, 2.75) is 33.7 Å². The Morgan fingerprint density at radius 3 is 2.46 bits per heavy atom. The maximum atomic E-state index is 13.8. The Hall–Kier alpha value is -3.85. The third-order valence-corrected chi connectivity index (χ3v) is 7.03. The number of allylic oxidation sites excluding steroid dienone is 1. The van der Waals surface area contributed by atoms with Crippen LogP contribution in [0.4, 0.5) is 0 Å². The smallest absolute Gasteiger partial charge is 0.338 e. The summed E-state index contributed by atoms with van der Waals surface area (Å²) < 4.78 is 24.0. The van der Waals surface area contributed by atoms with E-state index in [1.54, 1.807) is 38.7 Å². The van der Waals surface area contributed by atoms with Gasteiger partial charge in [-0.15, -0.1) is 0 Å². The fourth-order valence-corrected chi connectivity index (χ4v) is 5.36. The first-order valence-electron chi connectivity index (χ1n) is 12.0. The van der Waals surface area contributed by atoms with E-state index in [1.165, 1.54) is 11.3 Å². The lowest BCUT2D eigenvalue weighted by Gasteiger charge is -2.25. The third-order valence-electron chi connectivity index (χ3n) is 6.05. The number of aromatic nitrogens is 1. The highest BCUT2D eigenvalue weighted by Crippen LogP contribution is 2.33. The second-order valence-corrected chi connectivity index (χ2v) is 9.38. The zero-order valence-electron chi connectivity index (χ0n) is 21.8. The number of esters is 1. The summed E-state index contributed by atoms with van der Waals surface area (Å²) in [5.41, 5.74) is 3.04. The van der Waals surface area contributed by atoms with E-state index < -0.39 is 12.0 Å². The van der Waals surface area contributed by atoms with Crippen molar-refractivity contribution >= 4 is 23.4 Å². The predicted octanol–water partition coefficient (Wildman–Crippen LogP) is 3.52. The van der Waals surface area contributed by atoms with Crippen LogP contribution in [0, 0.1) is 6.92 Å². The molecular weight excluding hydrogens is 492 g/mol. The Bertz CT molecular complexity index is 1550. The van der Waals surface area contributed by atoms with Crippen molar-refractivity contribution in [3.8, 4) is 17.2 Å². The van der Waals surface area contributed by atoms with Gasteiger partial charge in [0.25, 0.3) is 5.56 Å². The van der Waals surface area contributed by atoms with Gasteiger partial charge in [-0.05, 0) is 68.7 Å². The van der Waals surface area contributed by atoms with Gasteiger partial charge in [0.15, 0.2) is 16.3 Å². The van der Waals surface area contributed by atoms with Crippen molar-refractivity contribution in [2.75, 3.05) is 27.4 Å². The van der Waals surface area contributed by atoms with Gasteiger partial charge < -0.3 is 18.9 Å². The standard InChI is InChI=1S/C28H30N2O6S/c1-7-35-20-12-10-18(13-22(20)34-6)14-23-26(31)30-25(19-11-9-16(3)21(15-19)33-5)24(27(32)36-8-2)17(4)29-28(30)37-23/h9-15,25H,7-8H2,1-6H3/t25-/m1/s1. The van der Waals surface area contributed by atoms with Crippen LogP contribution in [0.1, 0.15) is 43.5 Å². The topological polar surface area (TPSA) is 88.4 Å². The number of hydrogen-bond acceptors (Lipinski definition) is 8. The molecule has 0 radical (unpaired) electrons. The van der Waals surface area contributed by atoms with Crippen molar-refractivity contribution in [1.29, 1.82) is 0 Å². The Morgan fingerprint density at radius 1 is 1.03 bits per heavy atom. The highest BCUT2D eigenvalue weighted by atomic mass is 32.1. The van der Waals surface area contributed by atoms with E-state index in [-0.39, 0.29) is 12.2 Å². The molecule has 0 aliphatic carbocycles. The van der Waals surface area contributed by atoms with Gasteiger partial charge >= 0.3 is 5.97 Å². The summed E-state index contributed by atoms with van der Waals surface area (Å²) in [6.45, 7) is 8.08. The van der Waals surface area contributed by atoms with Crippen molar-refractivity contribution in [2.24, 2.45) is 4.99 Å². The molecule has 2 aromatic carbocycles. The molecule has 0 N–H and O–H groups in total. The number of rotatable bonds is 8. The Labute approximate surface area is 219 Å². The maximum Gasteiger partial charge on any atom is 0.338 e. The van der Waals surface area contributed by atoms with Gasteiger partial charge in [-0.3, -0.25) is 9.36 Å². The summed E-state index contributed by atoms with van der Waals surface area (Å²) in [5.74, 6) is 1.37. The molecule has 0 spiro atoms. The van der Waals surface area contributed by atoms with Crippen LogP contribution in [0.25, 0.3) is 6.08 Å². The fourth-order valence-electron chi connectivity index (χ4n) is 4.31. The van der Waals surface area contributed by atoms with Crippen molar-refractivity contribution in [3.05, 3.63) is 84.0 Å². The molecule has 37 heavy (non-hydrogen) atoms. The monoisotopic (exact) mass is 522 g/mol. The van der Waals surface area contributed by atoms with Crippen LogP contribution in [0.5, 0.6) is 17.2 Å². The van der Waals surface area contributed by atoms with Crippen molar-refractivity contribution < 1.29 is 23.7 Å². The van der Waals surface area contributed by atoms with Crippen molar-refractivity contribution in [1.82, 2.24) is 4.57 Å². The molecule has 0 bridgehead atoms. The fraction of sp³-hybridized carbons (Fsp3) is 0.321. The number of aryl methyl sites for hydroxylation is 1. The molecule has 9 heteroatoms. The summed E-state index contributed by atoms with van der Waals surface area (Å²) in [4.78, 5) is 32.0. The van der Waals surface area contributed by atoms with E-state index >= 15 is 0 Å². The van der Waals surface area contributed by atoms with E-state index in [4.69, 9.17) is 18.9 Å². The minimum atomic E-state index is -0.707. The van der Waals surface area contributed by atoms with E-state index in [0.29, 0.717) is 44.5 Å². The zero-order chi connectivity index (χ0) is 26.7. The van der Waals surface area contributed by atoms with E-state index in [1.807, 2.05) is 50.2 Å². The van der Waals surface area contributed by atoms with Gasteiger partial charge in [-0.25, -0.2) is 9.79 Å². The molecule has 0 unspecified atom stereocenters. The van der Waals surface area contributed by atoms with Gasteiger partial charge in [0.1, 0.15) is 5.75 Å². The molecule has 0 fully saturated rings. The minimum absolute atomic E-state index is 0.212. The largest absolute Gasteiger partial charge is 0.496 e. The molecule has 0 saturated heterocycles. The summed E-state index contributed by atoms with van der Waals surface area (Å²) in [6, 6.07) is 10.5. The van der Waals surface area contributed by atoms with Crippen LogP contribution >= 0.6 is 11.3 Å². The first-order chi connectivity index (χ1) is 17.8. The van der Waals surface area contributed by atoms with E-state index in [2.05, 4.69) is 4.99 Å². The average molecular weight is 523 g/mol. The van der Waals surface area contributed by atoms with Gasteiger partial charge in [0, 0.05) is 0 Å². The highest BCUT2D eigenvalue weighted by molar-refractivity contribution is 7.07. The molecular formula is C28H30N2O6S. The molecule has 1 aromatic heterocycles. The third kappa shape index (κ3) is 5.04. The van der Waals surface area contributed by atoms with E-state index in [9.17, 15) is 9.59 Å². The Balaban J connectivity index is 1.92. The normalized spacial score (nSPS) is 15.2. The second-order valence-electron chi connectivity index (χ2n) is 8.37. The number of carbonyl (C=O) groups is 1. The number of ether oxygens (including phenoxy) is 4. The molecule has 4 rings (SSSR count). The molecule has 1 aliphatic rings. The molecule has 1 aliphatic heterocycles. The summed E-state index contributed by atoms with van der Waals surface area (Å²) in [6.07, 6.45) is 1.79. The lowest BCUT2D eigenvalue weighted by atomic mass is 9.95. The number of nitrogens with zero attached hydrogens (tertiary/aromatic N) is 2. The zero-order valence-corrected chi connectivity index (χ0v) is 22.6. The Morgan fingerprint density at radius 2 is 1.78 bits per heavy atom. The molecule has 0 amide bonds. The number of hydrogen-bond donors (Lipinski definition) is 0. The van der Waals surface area contributed by atoms with Gasteiger partial charge in [0.2, 0.25) is 0 Å². The SMILES string of the molecule is CCOC(=O)C1=C(C)N=c2sc(=Cc3ccc(OCC)c(OC)c3)c(=O)n2[C@@H]1c1ccc(C)c(OC)c1. The first-order valence-corrected chi connectivity index (χ1v) is 12.8. The highest BCUT2D eigenvalue weighted by Gasteiger charge is 2.33. The maximum absolute atomic E-state index is 13.8. The molecule has 1 atom stereocenters. The summed E-state index contributed by atoms with van der Waals surface area (Å²) >= 11 is 1.27. The number of thiazole rings is 1. The minimum Gasteiger partial charge on any atom is -0.496 e. The van der Waals surface area contributed by atoms with Crippen LogP contribution in [-0.2, 0) is 9.53 Å². The number of carbonyl (C=O) groups excluding carboxylic acids is 1.